The van der Waals surface area contributed by atoms with Crippen LogP contribution in [0.5, 0.6) is 11.6 Å². The Hall–Kier alpha value is -2.01. The van der Waals surface area contributed by atoms with Gasteiger partial charge in [-0.2, -0.15) is 18.2 Å². The van der Waals surface area contributed by atoms with Gasteiger partial charge in [-0.3, -0.25) is 4.79 Å². The molecule has 0 saturated carbocycles. The molecule has 0 aliphatic rings. The molecule has 0 aliphatic heterocycles. The molecular weight excluding hydrogens is 599 g/mol. The number of allylic oxidation sites excluding steroid dienone is 2. The summed E-state index contributed by atoms with van der Waals surface area (Å²) in [6.07, 6.45) is 4.75. The van der Waals surface area contributed by atoms with Gasteiger partial charge in [0, 0.05) is 53.7 Å². The van der Waals surface area contributed by atoms with Gasteiger partial charge in [-0.25, -0.2) is 4.98 Å². The van der Waals surface area contributed by atoms with Crippen molar-refractivity contribution in [2.45, 2.75) is 54.4 Å². The summed E-state index contributed by atoms with van der Waals surface area (Å²) in [6, 6.07) is 14.5. The van der Waals surface area contributed by atoms with E-state index in [1.165, 1.54) is 10.8 Å². The number of hydrogen-bond donors (Lipinski definition) is 1. The zero-order valence-electron chi connectivity index (χ0n) is 19.6. The van der Waals surface area contributed by atoms with Crippen LogP contribution in [0.2, 0.25) is 0 Å². The topological polar surface area (TPSA) is 59.4 Å². The van der Waals surface area contributed by atoms with Crippen LogP contribution in [0.4, 0.5) is 0 Å². The van der Waals surface area contributed by atoms with Crippen LogP contribution in [-0.2, 0) is 24.9 Å². The van der Waals surface area contributed by atoms with Crippen molar-refractivity contribution in [2.75, 3.05) is 0 Å². The van der Waals surface area contributed by atoms with Crippen LogP contribution >= 0.6 is 11.3 Å². The number of carbonyl (C=O) groups excluding carboxylic acids is 1. The second-order valence-electron chi connectivity index (χ2n) is 8.65. The third-order valence-corrected chi connectivity index (χ3v) is 6.51. The van der Waals surface area contributed by atoms with Crippen molar-refractivity contribution < 1.29 is 34.7 Å². The molecule has 2 heterocycles. The second kappa shape index (κ2) is 12.3. The van der Waals surface area contributed by atoms with Gasteiger partial charge in [0.1, 0.15) is 5.76 Å². The summed E-state index contributed by atoms with van der Waals surface area (Å²) in [4.78, 5) is 16.1. The minimum Gasteiger partial charge on any atom is -0.512 e. The number of aliphatic hydroxyl groups excluding tert-OH is 1. The van der Waals surface area contributed by atoms with Crippen molar-refractivity contribution in [1.82, 2.24) is 4.98 Å². The molecule has 0 fully saturated rings. The van der Waals surface area contributed by atoms with Gasteiger partial charge in [-0.05, 0) is 30.4 Å². The Labute approximate surface area is 209 Å². The van der Waals surface area contributed by atoms with E-state index < -0.39 is 0 Å². The Balaban J connectivity index is 0.000000312. The molecule has 6 heteroatoms. The van der Waals surface area contributed by atoms with Crippen molar-refractivity contribution in [1.29, 1.82) is 0 Å². The van der Waals surface area contributed by atoms with Crippen LogP contribution in [0.15, 0.2) is 59.8 Å². The number of aliphatic hydroxyl groups is 1. The van der Waals surface area contributed by atoms with Crippen LogP contribution < -0.4 is 4.74 Å². The zero-order chi connectivity index (χ0) is 23.1. The number of ether oxygens (including phenoxy) is 1. The fourth-order valence-corrected chi connectivity index (χ4v) is 3.14. The molecule has 0 saturated heterocycles. The number of benzene rings is 1. The van der Waals surface area contributed by atoms with E-state index in [0.717, 1.165) is 18.2 Å². The Kier molecular flexibility index (Phi) is 10.8. The summed E-state index contributed by atoms with van der Waals surface area (Å²) in [5, 5.41) is 12.9. The summed E-state index contributed by atoms with van der Waals surface area (Å²) < 4.78 is 6.87. The molecule has 0 spiro atoms. The van der Waals surface area contributed by atoms with Crippen molar-refractivity contribution in [2.24, 2.45) is 10.8 Å². The largest absolute Gasteiger partial charge is 0.512 e. The number of hydrogen-bond acceptors (Lipinski definition) is 5. The molecule has 1 radical (unpaired) electrons. The number of ketones is 1. The zero-order valence-corrected chi connectivity index (χ0v) is 22.8. The van der Waals surface area contributed by atoms with Gasteiger partial charge in [-0.1, -0.05) is 41.5 Å². The van der Waals surface area contributed by atoms with Crippen molar-refractivity contribution >= 4 is 27.2 Å². The van der Waals surface area contributed by atoms with E-state index in [9.17, 15) is 9.90 Å². The molecular formula is C26H32IrNO3S-. The smallest absolute Gasteiger partial charge is 0.225 e. The average Bonchev–Trinajstić information content (AvgIpc) is 3.25. The Morgan fingerprint density at radius 1 is 1.12 bits per heavy atom. The maximum atomic E-state index is 11.8. The van der Waals surface area contributed by atoms with Crippen LogP contribution in [-0.4, -0.2) is 15.9 Å². The minimum absolute atomic E-state index is 0. The van der Waals surface area contributed by atoms with Gasteiger partial charge < -0.3 is 9.84 Å². The number of fused-ring (bicyclic) bond motifs is 1. The average molecular weight is 631 g/mol. The van der Waals surface area contributed by atoms with Gasteiger partial charge in [-0.15, -0.1) is 23.5 Å². The monoisotopic (exact) mass is 631 g/mol. The Morgan fingerprint density at radius 3 is 2.41 bits per heavy atom. The fraction of sp³-hybridized carbons (Fsp3) is 0.385. The van der Waals surface area contributed by atoms with Crippen molar-refractivity contribution in [3.63, 3.8) is 0 Å². The summed E-state index contributed by atoms with van der Waals surface area (Å²) in [7, 11) is 0. The summed E-state index contributed by atoms with van der Waals surface area (Å²) in [6.45, 7) is 11.7. The number of para-hydroxylation sites is 1. The van der Waals surface area contributed by atoms with Gasteiger partial charge >= 0.3 is 0 Å². The van der Waals surface area contributed by atoms with E-state index in [1.54, 1.807) is 17.5 Å². The van der Waals surface area contributed by atoms with Gasteiger partial charge in [0.2, 0.25) is 5.88 Å². The molecule has 4 nitrogen and oxygen atoms in total. The predicted octanol–water partition coefficient (Wildman–Crippen LogP) is 7.76. The molecule has 1 aromatic carbocycles. The van der Waals surface area contributed by atoms with E-state index in [-0.39, 0.29) is 42.5 Å². The van der Waals surface area contributed by atoms with Crippen LogP contribution in [0.25, 0.3) is 10.1 Å². The fourth-order valence-electron chi connectivity index (χ4n) is 2.37. The van der Waals surface area contributed by atoms with E-state index >= 15 is 0 Å². The summed E-state index contributed by atoms with van der Waals surface area (Å²) in [5.41, 5.74) is -0.683. The first-order valence-corrected chi connectivity index (χ1v) is 11.4. The minimum atomic E-state index is -0.377. The number of nitrogens with zero attached hydrogens (tertiary/aromatic N) is 1. The molecule has 175 valence electrons. The molecule has 0 bridgehead atoms. The van der Waals surface area contributed by atoms with Crippen LogP contribution in [0.3, 0.4) is 0 Å². The van der Waals surface area contributed by atoms with Crippen LogP contribution in [0.1, 0.15) is 54.4 Å². The Bertz CT molecular complexity index is 1030. The maximum Gasteiger partial charge on any atom is 0.225 e. The first-order chi connectivity index (χ1) is 14.6. The molecule has 2 aromatic heterocycles. The number of rotatable bonds is 7. The molecule has 0 unspecified atom stereocenters. The second-order valence-corrected chi connectivity index (χ2v) is 9.59. The molecule has 0 amide bonds. The van der Waals surface area contributed by atoms with Crippen molar-refractivity contribution in [3.05, 3.63) is 65.9 Å². The Morgan fingerprint density at radius 2 is 1.81 bits per heavy atom. The number of aromatic nitrogens is 1. The van der Waals surface area contributed by atoms with Crippen LogP contribution in [0, 0.1) is 16.9 Å². The van der Waals surface area contributed by atoms with Gasteiger partial charge in [0.15, 0.2) is 5.78 Å². The van der Waals surface area contributed by atoms with E-state index in [1.807, 2.05) is 83.3 Å². The van der Waals surface area contributed by atoms with Crippen molar-refractivity contribution in [3.8, 4) is 11.6 Å². The quantitative estimate of drug-likeness (QED) is 0.165. The molecule has 0 atom stereocenters. The third kappa shape index (κ3) is 7.54. The standard InChI is InChI=1S/C13H8NOS.C13H24O2.Ir/c1-2-4-10(5-3-1)15-13-11-7-9-16-12(11)6-8-14-13;1-7-12(3,4)10(14)9-11(15)13(5,6)8-2;/h1-4,6-9H;9,14H,7-8H2,1-6H3;/q-1;;/b;10-9-;. The number of thiophene rings is 1. The molecule has 3 aromatic rings. The van der Waals surface area contributed by atoms with E-state index in [4.69, 9.17) is 4.74 Å². The normalized spacial score (nSPS) is 11.9. The molecule has 0 aliphatic carbocycles. The van der Waals surface area contributed by atoms with E-state index in [2.05, 4.69) is 11.1 Å². The maximum absolute atomic E-state index is 11.8. The number of carbonyl (C=O) groups is 1. The summed E-state index contributed by atoms with van der Waals surface area (Å²) >= 11 is 1.68. The molecule has 32 heavy (non-hydrogen) atoms. The molecule has 1 N–H and O–H groups in total. The predicted molar refractivity (Wildman–Crippen MR) is 129 cm³/mol. The van der Waals surface area contributed by atoms with E-state index in [0.29, 0.717) is 11.6 Å². The molecule has 3 rings (SSSR count). The van der Waals surface area contributed by atoms with Gasteiger partial charge in [0.05, 0.1) is 5.39 Å². The third-order valence-electron chi connectivity index (χ3n) is 5.63. The summed E-state index contributed by atoms with van der Waals surface area (Å²) in [5.74, 6) is 1.52. The number of pyridine rings is 1. The SMILES string of the molecule is CCC(C)(C)C(=O)/C=C(\O)C(C)(C)CC.[Ir].[c-]1ccccc1Oc1nccc2sccc12. The van der Waals surface area contributed by atoms with Gasteiger partial charge in [0.25, 0.3) is 0 Å². The first kappa shape index (κ1) is 28.0. The first-order valence-electron chi connectivity index (χ1n) is 10.5.